The molecule has 4 heteroatoms. The number of carboxylic acids is 1. The predicted molar refractivity (Wildman–Crippen MR) is 56.2 cm³/mol. The van der Waals surface area contributed by atoms with Crippen LogP contribution in [0.15, 0.2) is 6.07 Å². The lowest BCUT2D eigenvalue weighted by molar-refractivity contribution is 0.0689. The van der Waals surface area contributed by atoms with E-state index >= 15 is 0 Å². The van der Waals surface area contributed by atoms with Crippen LogP contribution in [0.1, 0.15) is 55.8 Å². The van der Waals surface area contributed by atoms with Gasteiger partial charge in [-0.2, -0.15) is 5.10 Å². The fourth-order valence-electron chi connectivity index (χ4n) is 1.66. The van der Waals surface area contributed by atoms with Crippen LogP contribution >= 0.6 is 0 Å². The second kappa shape index (κ2) is 3.08. The molecule has 1 heterocycles. The average molecular weight is 208 g/mol. The van der Waals surface area contributed by atoms with Crippen LogP contribution in [0.4, 0.5) is 0 Å². The lowest BCUT2D eigenvalue weighted by Gasteiger charge is -2.19. The number of aromatic carboxylic acids is 1. The first-order valence-electron chi connectivity index (χ1n) is 5.23. The van der Waals surface area contributed by atoms with Gasteiger partial charge in [0.25, 0.3) is 0 Å². The lowest BCUT2D eigenvalue weighted by Crippen LogP contribution is -2.17. The summed E-state index contributed by atoms with van der Waals surface area (Å²) in [7, 11) is 0. The quantitative estimate of drug-likeness (QED) is 0.810. The minimum absolute atomic E-state index is 0.0523. The Morgan fingerprint density at radius 2 is 2.13 bits per heavy atom. The summed E-state index contributed by atoms with van der Waals surface area (Å²) in [5.41, 5.74) is 1.12. The fraction of sp³-hybridized carbons (Fsp3) is 0.636. The Morgan fingerprint density at radius 3 is 2.53 bits per heavy atom. The number of rotatable bonds is 2. The molecular weight excluding hydrogens is 192 g/mol. The molecule has 1 saturated carbocycles. The van der Waals surface area contributed by atoms with Crippen molar-refractivity contribution in [2.45, 2.75) is 45.1 Å². The molecule has 1 aliphatic carbocycles. The van der Waals surface area contributed by atoms with E-state index in [-0.39, 0.29) is 11.1 Å². The van der Waals surface area contributed by atoms with E-state index in [0.29, 0.717) is 6.04 Å². The molecule has 0 spiro atoms. The predicted octanol–water partition coefficient (Wildman–Crippen LogP) is 2.21. The Balaban J connectivity index is 2.46. The van der Waals surface area contributed by atoms with Crippen LogP contribution in [-0.2, 0) is 5.41 Å². The SMILES string of the molecule is CC(C)(C)c1cc(C(=O)O)nn1C1CC1. The van der Waals surface area contributed by atoms with Gasteiger partial charge in [0.2, 0.25) is 0 Å². The van der Waals surface area contributed by atoms with E-state index in [2.05, 4.69) is 25.9 Å². The van der Waals surface area contributed by atoms with Crippen LogP contribution in [0.3, 0.4) is 0 Å². The van der Waals surface area contributed by atoms with Crippen LogP contribution < -0.4 is 0 Å². The van der Waals surface area contributed by atoms with E-state index in [1.165, 1.54) is 0 Å². The zero-order valence-corrected chi connectivity index (χ0v) is 9.32. The third-order valence-electron chi connectivity index (χ3n) is 2.62. The Hall–Kier alpha value is -1.32. The van der Waals surface area contributed by atoms with Crippen molar-refractivity contribution < 1.29 is 9.90 Å². The second-order valence-electron chi connectivity index (χ2n) is 5.15. The third kappa shape index (κ3) is 1.89. The summed E-state index contributed by atoms with van der Waals surface area (Å²) in [6.45, 7) is 6.23. The number of carbonyl (C=O) groups is 1. The van der Waals surface area contributed by atoms with Crippen molar-refractivity contribution in [3.63, 3.8) is 0 Å². The zero-order chi connectivity index (χ0) is 11.2. The van der Waals surface area contributed by atoms with E-state index in [4.69, 9.17) is 5.11 Å². The van der Waals surface area contributed by atoms with Gasteiger partial charge in [-0.3, -0.25) is 4.68 Å². The highest BCUT2D eigenvalue weighted by atomic mass is 16.4. The van der Waals surface area contributed by atoms with Crippen molar-refractivity contribution >= 4 is 5.97 Å². The topological polar surface area (TPSA) is 55.1 Å². The molecule has 1 fully saturated rings. The number of hydrogen-bond acceptors (Lipinski definition) is 2. The molecule has 82 valence electrons. The van der Waals surface area contributed by atoms with Gasteiger partial charge in [-0.05, 0) is 18.9 Å². The van der Waals surface area contributed by atoms with E-state index < -0.39 is 5.97 Å². The molecule has 0 bridgehead atoms. The van der Waals surface area contributed by atoms with Gasteiger partial charge in [0.15, 0.2) is 5.69 Å². The van der Waals surface area contributed by atoms with Gasteiger partial charge >= 0.3 is 5.97 Å². The summed E-state index contributed by atoms with van der Waals surface area (Å²) in [6.07, 6.45) is 2.23. The molecule has 2 rings (SSSR count). The Bertz CT molecular complexity index is 397. The third-order valence-corrected chi connectivity index (χ3v) is 2.62. The highest BCUT2D eigenvalue weighted by Gasteiger charge is 2.32. The summed E-state index contributed by atoms with van der Waals surface area (Å²) < 4.78 is 1.89. The maximum absolute atomic E-state index is 10.9. The molecule has 0 aliphatic heterocycles. The van der Waals surface area contributed by atoms with Crippen LogP contribution in [-0.4, -0.2) is 20.9 Å². The summed E-state index contributed by atoms with van der Waals surface area (Å²) in [5.74, 6) is -0.945. The normalized spacial score (nSPS) is 16.7. The summed E-state index contributed by atoms with van der Waals surface area (Å²) >= 11 is 0. The highest BCUT2D eigenvalue weighted by Crippen LogP contribution is 2.38. The van der Waals surface area contributed by atoms with Crippen molar-refractivity contribution in [3.8, 4) is 0 Å². The van der Waals surface area contributed by atoms with Gasteiger partial charge in [0.1, 0.15) is 0 Å². The van der Waals surface area contributed by atoms with Gasteiger partial charge in [0.05, 0.1) is 6.04 Å². The zero-order valence-electron chi connectivity index (χ0n) is 9.32. The Labute approximate surface area is 88.9 Å². The molecule has 15 heavy (non-hydrogen) atoms. The van der Waals surface area contributed by atoms with Gasteiger partial charge in [-0.1, -0.05) is 20.8 Å². The maximum atomic E-state index is 10.9. The molecule has 1 N–H and O–H groups in total. The first kappa shape index (κ1) is 10.2. The van der Waals surface area contributed by atoms with Crippen molar-refractivity contribution in [2.24, 2.45) is 0 Å². The van der Waals surface area contributed by atoms with Gasteiger partial charge in [-0.25, -0.2) is 4.79 Å². The molecule has 0 aromatic carbocycles. The summed E-state index contributed by atoms with van der Waals surface area (Å²) in [4.78, 5) is 10.9. The van der Waals surface area contributed by atoms with Crippen molar-refractivity contribution in [3.05, 3.63) is 17.5 Å². The molecule has 1 aliphatic rings. The number of nitrogens with zero attached hydrogens (tertiary/aromatic N) is 2. The van der Waals surface area contributed by atoms with E-state index in [9.17, 15) is 4.79 Å². The number of carboxylic acid groups (broad SMARTS) is 1. The van der Waals surface area contributed by atoms with E-state index in [1.54, 1.807) is 6.07 Å². The highest BCUT2D eigenvalue weighted by molar-refractivity contribution is 5.85. The average Bonchev–Trinajstić information content (AvgIpc) is 2.81. The van der Waals surface area contributed by atoms with Crippen LogP contribution in [0, 0.1) is 0 Å². The van der Waals surface area contributed by atoms with Crippen molar-refractivity contribution in [2.75, 3.05) is 0 Å². The molecule has 0 amide bonds. The standard InChI is InChI=1S/C11H16N2O2/c1-11(2,3)9-6-8(10(14)15)12-13(9)7-4-5-7/h6-7H,4-5H2,1-3H3,(H,14,15). The minimum Gasteiger partial charge on any atom is -0.476 e. The molecule has 1 aromatic rings. The minimum atomic E-state index is -0.945. The lowest BCUT2D eigenvalue weighted by atomic mass is 9.92. The first-order valence-corrected chi connectivity index (χ1v) is 5.23. The first-order chi connectivity index (χ1) is 6.89. The fourth-order valence-corrected chi connectivity index (χ4v) is 1.66. The molecule has 4 nitrogen and oxygen atoms in total. The van der Waals surface area contributed by atoms with Gasteiger partial charge in [0, 0.05) is 11.1 Å². The Kier molecular flexibility index (Phi) is 2.10. The Morgan fingerprint density at radius 1 is 1.53 bits per heavy atom. The monoisotopic (exact) mass is 208 g/mol. The number of aromatic nitrogens is 2. The molecule has 1 aromatic heterocycles. The van der Waals surface area contributed by atoms with Crippen molar-refractivity contribution in [1.29, 1.82) is 0 Å². The largest absolute Gasteiger partial charge is 0.476 e. The number of hydrogen-bond donors (Lipinski definition) is 1. The molecule has 0 atom stereocenters. The summed E-state index contributed by atoms with van der Waals surface area (Å²) in [6, 6.07) is 2.12. The van der Waals surface area contributed by atoms with Gasteiger partial charge < -0.3 is 5.11 Å². The smallest absolute Gasteiger partial charge is 0.356 e. The summed E-state index contributed by atoms with van der Waals surface area (Å²) in [5, 5.41) is 13.1. The second-order valence-corrected chi connectivity index (χ2v) is 5.15. The van der Waals surface area contributed by atoms with E-state index in [1.807, 2.05) is 4.68 Å². The molecule has 0 saturated heterocycles. The molecular formula is C11H16N2O2. The maximum Gasteiger partial charge on any atom is 0.356 e. The van der Waals surface area contributed by atoms with Crippen LogP contribution in [0.2, 0.25) is 0 Å². The van der Waals surface area contributed by atoms with Crippen LogP contribution in [0.25, 0.3) is 0 Å². The molecule has 0 unspecified atom stereocenters. The van der Waals surface area contributed by atoms with Crippen molar-refractivity contribution in [1.82, 2.24) is 9.78 Å². The van der Waals surface area contributed by atoms with Crippen LogP contribution in [0.5, 0.6) is 0 Å². The van der Waals surface area contributed by atoms with Gasteiger partial charge in [-0.15, -0.1) is 0 Å². The molecule has 0 radical (unpaired) electrons. The van der Waals surface area contributed by atoms with E-state index in [0.717, 1.165) is 18.5 Å².